The van der Waals surface area contributed by atoms with Crippen LogP contribution >= 0.6 is 11.6 Å². The molecule has 3 aromatic rings. The third kappa shape index (κ3) is 2.41. The molecule has 0 aliphatic carbocycles. The van der Waals surface area contributed by atoms with Gasteiger partial charge >= 0.3 is 11.7 Å². The molecule has 0 fully saturated rings. The van der Waals surface area contributed by atoms with E-state index >= 15 is 0 Å². The summed E-state index contributed by atoms with van der Waals surface area (Å²) >= 11 is 5.96. The van der Waals surface area contributed by atoms with Gasteiger partial charge in [0, 0.05) is 10.7 Å². The monoisotopic (exact) mass is 340 g/mol. The number of hydrogen-bond donors (Lipinski definition) is 0. The van der Waals surface area contributed by atoms with Gasteiger partial charge < -0.3 is 0 Å². The zero-order valence-electron chi connectivity index (χ0n) is 12.6. The van der Waals surface area contributed by atoms with E-state index < -0.39 is 5.69 Å². The van der Waals surface area contributed by atoms with Gasteiger partial charge in [-0.1, -0.05) is 41.9 Å². The first-order valence-corrected chi connectivity index (χ1v) is 7.81. The van der Waals surface area contributed by atoms with Crippen molar-refractivity contribution in [3.05, 3.63) is 81.5 Å². The number of benzene rings is 2. The van der Waals surface area contributed by atoms with Crippen LogP contribution in [0.5, 0.6) is 0 Å². The molecule has 0 spiro atoms. The summed E-state index contributed by atoms with van der Waals surface area (Å²) in [6.07, 6.45) is 0. The maximum atomic E-state index is 12.6. The Morgan fingerprint density at radius 3 is 2.54 bits per heavy atom. The van der Waals surface area contributed by atoms with Crippen LogP contribution in [0, 0.1) is 0 Å². The highest BCUT2D eigenvalue weighted by molar-refractivity contribution is 6.30. The minimum Gasteiger partial charge on any atom is -0.286 e. The number of nitrogens with zero attached hydrogens (tertiary/aromatic N) is 4. The molecule has 120 valence electrons. The molecule has 6 nitrogen and oxygen atoms in total. The third-order valence-electron chi connectivity index (χ3n) is 3.92. The van der Waals surface area contributed by atoms with Gasteiger partial charge in [0.1, 0.15) is 0 Å². The zero-order valence-corrected chi connectivity index (χ0v) is 13.3. The van der Waals surface area contributed by atoms with Gasteiger partial charge in [0.25, 0.3) is 0 Å². The molecule has 4 rings (SSSR count). The van der Waals surface area contributed by atoms with Crippen LogP contribution in [0.1, 0.15) is 11.4 Å². The maximum absolute atomic E-state index is 12.6. The number of para-hydroxylation sites is 1. The van der Waals surface area contributed by atoms with Gasteiger partial charge in [-0.2, -0.15) is 9.67 Å². The summed E-state index contributed by atoms with van der Waals surface area (Å²) in [6, 6.07) is 16.1. The van der Waals surface area contributed by atoms with Crippen LogP contribution < -0.4 is 10.6 Å². The number of carbonyl (C=O) groups is 1. The van der Waals surface area contributed by atoms with E-state index in [9.17, 15) is 9.59 Å². The summed E-state index contributed by atoms with van der Waals surface area (Å²) in [4.78, 5) is 26.6. The molecule has 1 aliphatic rings. The molecule has 1 amide bonds. The van der Waals surface area contributed by atoms with Crippen molar-refractivity contribution in [3.8, 4) is 0 Å². The number of halogens is 1. The van der Waals surface area contributed by atoms with E-state index in [1.807, 2.05) is 42.5 Å². The Hall–Kier alpha value is -2.86. The van der Waals surface area contributed by atoms with Crippen LogP contribution in [-0.2, 0) is 13.1 Å². The van der Waals surface area contributed by atoms with Crippen molar-refractivity contribution in [2.45, 2.75) is 13.1 Å². The number of rotatable bonds is 3. The van der Waals surface area contributed by atoms with E-state index in [1.54, 1.807) is 12.1 Å². The lowest BCUT2D eigenvalue weighted by molar-refractivity contribution is 0.250. The maximum Gasteiger partial charge on any atom is 0.354 e. The topological polar surface area (TPSA) is 60.1 Å². The highest BCUT2D eigenvalue weighted by atomic mass is 35.5. The van der Waals surface area contributed by atoms with Crippen molar-refractivity contribution in [2.24, 2.45) is 0 Å². The first-order chi connectivity index (χ1) is 11.6. The van der Waals surface area contributed by atoms with Crippen molar-refractivity contribution < 1.29 is 4.79 Å². The van der Waals surface area contributed by atoms with Crippen LogP contribution in [0.4, 0.5) is 10.5 Å². The third-order valence-corrected chi connectivity index (χ3v) is 4.15. The fourth-order valence-corrected chi connectivity index (χ4v) is 3.01. The second kappa shape index (κ2) is 5.65. The van der Waals surface area contributed by atoms with E-state index in [2.05, 4.69) is 5.10 Å². The van der Waals surface area contributed by atoms with Gasteiger partial charge in [-0.05, 0) is 29.8 Å². The van der Waals surface area contributed by atoms with Crippen LogP contribution in [0.3, 0.4) is 0 Å². The minimum absolute atomic E-state index is 0.276. The predicted octanol–water partition coefficient (Wildman–Crippen LogP) is 2.73. The molecule has 0 bridgehead atoms. The molecule has 0 N–H and O–H groups in total. The molecule has 7 heteroatoms. The summed E-state index contributed by atoms with van der Waals surface area (Å²) in [7, 11) is 0. The largest absolute Gasteiger partial charge is 0.354 e. The Morgan fingerprint density at radius 1 is 1.04 bits per heavy atom. The SMILES string of the molecule is O=C1N(c2ccccc2)Cc2nn(Cc3cccc(Cl)c3)c(=O)n21. The van der Waals surface area contributed by atoms with Crippen LogP contribution in [-0.4, -0.2) is 20.4 Å². The van der Waals surface area contributed by atoms with Crippen LogP contribution in [0.25, 0.3) is 0 Å². The van der Waals surface area contributed by atoms with Crippen molar-refractivity contribution in [3.63, 3.8) is 0 Å². The fourth-order valence-electron chi connectivity index (χ4n) is 2.80. The van der Waals surface area contributed by atoms with Gasteiger partial charge in [-0.3, -0.25) is 4.90 Å². The van der Waals surface area contributed by atoms with E-state index in [0.717, 1.165) is 15.8 Å². The highest BCUT2D eigenvalue weighted by Crippen LogP contribution is 2.21. The minimum atomic E-state index is -0.437. The molecule has 0 radical (unpaired) electrons. The second-order valence-electron chi connectivity index (χ2n) is 5.53. The average molecular weight is 341 g/mol. The molecule has 1 aromatic heterocycles. The smallest absolute Gasteiger partial charge is 0.286 e. The number of hydrogen-bond acceptors (Lipinski definition) is 3. The lowest BCUT2D eigenvalue weighted by Gasteiger charge is -2.14. The first kappa shape index (κ1) is 14.7. The Labute approximate surface area is 142 Å². The Balaban J connectivity index is 1.65. The van der Waals surface area contributed by atoms with Crippen molar-refractivity contribution in [2.75, 3.05) is 4.90 Å². The van der Waals surface area contributed by atoms with Crippen LogP contribution in [0.15, 0.2) is 59.4 Å². The Morgan fingerprint density at radius 2 is 1.83 bits per heavy atom. The standard InChI is InChI=1S/C17H13ClN4O2/c18-13-6-4-5-12(9-13)10-21-17(24)22-15(19-21)11-20(16(22)23)14-7-2-1-3-8-14/h1-9H,10-11H2. The van der Waals surface area contributed by atoms with Gasteiger partial charge in [0.2, 0.25) is 0 Å². The van der Waals surface area contributed by atoms with E-state index in [-0.39, 0.29) is 19.1 Å². The van der Waals surface area contributed by atoms with Gasteiger partial charge in [-0.15, -0.1) is 0 Å². The molecule has 1 aliphatic heterocycles. The number of anilines is 1. The highest BCUT2D eigenvalue weighted by Gasteiger charge is 2.33. The van der Waals surface area contributed by atoms with E-state index in [4.69, 9.17) is 11.6 Å². The second-order valence-corrected chi connectivity index (χ2v) is 5.96. The first-order valence-electron chi connectivity index (χ1n) is 7.43. The zero-order chi connectivity index (χ0) is 16.7. The van der Waals surface area contributed by atoms with E-state index in [0.29, 0.717) is 10.8 Å². The molecule has 2 aromatic carbocycles. The molecule has 24 heavy (non-hydrogen) atoms. The summed E-state index contributed by atoms with van der Waals surface area (Å²) in [5.74, 6) is 0.441. The summed E-state index contributed by atoms with van der Waals surface area (Å²) in [6.45, 7) is 0.554. The van der Waals surface area contributed by atoms with Crippen molar-refractivity contribution in [1.29, 1.82) is 0 Å². The number of carbonyl (C=O) groups excluding carboxylic acids is 1. The Kier molecular flexibility index (Phi) is 3.46. The molecule has 2 heterocycles. The van der Waals surface area contributed by atoms with Gasteiger partial charge in [0.15, 0.2) is 5.82 Å². The lowest BCUT2D eigenvalue weighted by Crippen LogP contribution is -2.34. The lowest BCUT2D eigenvalue weighted by atomic mass is 10.2. The Bertz CT molecular complexity index is 978. The van der Waals surface area contributed by atoms with Crippen molar-refractivity contribution >= 4 is 23.3 Å². The van der Waals surface area contributed by atoms with Gasteiger partial charge in [0.05, 0.1) is 13.1 Å². The number of amides is 1. The molecule has 0 saturated heterocycles. The van der Waals surface area contributed by atoms with Crippen molar-refractivity contribution in [1.82, 2.24) is 14.3 Å². The summed E-state index contributed by atoms with van der Waals surface area (Å²) < 4.78 is 2.42. The molecular formula is C17H13ClN4O2. The molecule has 0 atom stereocenters. The number of aromatic nitrogens is 3. The normalized spacial score (nSPS) is 13.4. The summed E-state index contributed by atoms with van der Waals surface area (Å²) in [5.41, 5.74) is 1.16. The predicted molar refractivity (Wildman–Crippen MR) is 90.5 cm³/mol. The molecular weight excluding hydrogens is 328 g/mol. The quantitative estimate of drug-likeness (QED) is 0.736. The van der Waals surface area contributed by atoms with E-state index in [1.165, 1.54) is 9.58 Å². The van der Waals surface area contributed by atoms with Gasteiger partial charge in [-0.25, -0.2) is 14.3 Å². The van der Waals surface area contributed by atoms with Crippen LogP contribution in [0.2, 0.25) is 5.02 Å². The molecule has 0 saturated carbocycles. The summed E-state index contributed by atoms with van der Waals surface area (Å²) in [5, 5.41) is 4.90. The fraction of sp³-hybridized carbons (Fsp3) is 0.118. The average Bonchev–Trinajstić information content (AvgIpc) is 3.06. The molecule has 0 unspecified atom stereocenters. The number of fused-ring (bicyclic) bond motifs is 1.